The SMILES string of the molecule is Cc1ccccc1C=C(F)F. The Balaban J connectivity index is 3.04. The summed E-state index contributed by atoms with van der Waals surface area (Å²) in [5.41, 5.74) is 1.44. The molecule has 0 saturated heterocycles. The van der Waals surface area contributed by atoms with Crippen molar-refractivity contribution in [2.45, 2.75) is 6.92 Å². The van der Waals surface area contributed by atoms with Gasteiger partial charge in [0.25, 0.3) is 6.08 Å². The van der Waals surface area contributed by atoms with Crippen molar-refractivity contribution in [1.29, 1.82) is 0 Å². The molecular weight excluding hydrogens is 146 g/mol. The van der Waals surface area contributed by atoms with Crippen molar-refractivity contribution in [2.24, 2.45) is 0 Å². The monoisotopic (exact) mass is 154 g/mol. The molecule has 0 N–H and O–H groups in total. The second kappa shape index (κ2) is 3.28. The molecule has 0 aliphatic heterocycles. The first-order valence-corrected chi connectivity index (χ1v) is 3.28. The van der Waals surface area contributed by atoms with Gasteiger partial charge >= 0.3 is 0 Å². The molecule has 0 spiro atoms. The van der Waals surface area contributed by atoms with Crippen LogP contribution in [0.25, 0.3) is 6.08 Å². The molecule has 0 radical (unpaired) electrons. The van der Waals surface area contributed by atoms with Crippen LogP contribution >= 0.6 is 0 Å². The normalized spacial score (nSPS) is 9.36. The molecule has 0 atom stereocenters. The van der Waals surface area contributed by atoms with Gasteiger partial charge in [0, 0.05) is 6.08 Å². The summed E-state index contributed by atoms with van der Waals surface area (Å²) in [6.07, 6.45) is -0.783. The molecule has 1 aromatic rings. The fourth-order valence-corrected chi connectivity index (χ4v) is 0.866. The maximum absolute atomic E-state index is 11.8. The van der Waals surface area contributed by atoms with Crippen LogP contribution in [0.15, 0.2) is 30.3 Å². The predicted octanol–water partition coefficient (Wildman–Crippen LogP) is 3.23. The second-order valence-corrected chi connectivity index (χ2v) is 2.29. The number of benzene rings is 1. The maximum Gasteiger partial charge on any atom is 0.270 e. The Hall–Kier alpha value is -1.18. The van der Waals surface area contributed by atoms with E-state index in [4.69, 9.17) is 0 Å². The van der Waals surface area contributed by atoms with Gasteiger partial charge in [0.05, 0.1) is 0 Å². The Kier molecular flexibility index (Phi) is 2.36. The van der Waals surface area contributed by atoms with E-state index in [9.17, 15) is 8.78 Å². The zero-order valence-electron chi connectivity index (χ0n) is 6.14. The number of rotatable bonds is 1. The van der Waals surface area contributed by atoms with Crippen molar-refractivity contribution in [3.63, 3.8) is 0 Å². The number of halogens is 2. The van der Waals surface area contributed by atoms with E-state index in [1.807, 2.05) is 6.07 Å². The molecule has 0 aromatic heterocycles. The lowest BCUT2D eigenvalue weighted by molar-refractivity contribution is 0.429. The molecule has 0 heterocycles. The molecule has 0 fully saturated rings. The fraction of sp³-hybridized carbons (Fsp3) is 0.111. The Labute approximate surface area is 64.2 Å². The molecule has 1 rings (SSSR count). The highest BCUT2D eigenvalue weighted by Crippen LogP contribution is 2.12. The van der Waals surface area contributed by atoms with Gasteiger partial charge in [-0.2, -0.15) is 8.78 Å². The summed E-state index contributed by atoms with van der Waals surface area (Å²) in [4.78, 5) is 0. The largest absolute Gasteiger partial charge is 0.270 e. The Morgan fingerprint density at radius 3 is 2.45 bits per heavy atom. The van der Waals surface area contributed by atoms with Gasteiger partial charge in [-0.05, 0) is 18.1 Å². The van der Waals surface area contributed by atoms with Gasteiger partial charge in [0.1, 0.15) is 0 Å². The summed E-state index contributed by atoms with van der Waals surface area (Å²) >= 11 is 0. The van der Waals surface area contributed by atoms with Crippen LogP contribution in [0.2, 0.25) is 0 Å². The minimum atomic E-state index is -1.65. The van der Waals surface area contributed by atoms with E-state index in [-0.39, 0.29) is 0 Å². The Morgan fingerprint density at radius 1 is 1.27 bits per heavy atom. The first kappa shape index (κ1) is 7.92. The first-order valence-electron chi connectivity index (χ1n) is 3.28. The minimum absolute atomic E-state index is 0.576. The Bertz CT molecular complexity index is 273. The van der Waals surface area contributed by atoms with E-state index in [1.165, 1.54) is 0 Å². The van der Waals surface area contributed by atoms with Crippen molar-refractivity contribution in [1.82, 2.24) is 0 Å². The van der Waals surface area contributed by atoms with E-state index in [0.29, 0.717) is 5.56 Å². The molecule has 0 saturated carbocycles. The van der Waals surface area contributed by atoms with Crippen molar-refractivity contribution < 1.29 is 8.78 Å². The minimum Gasteiger partial charge on any atom is -0.173 e. The summed E-state index contributed by atoms with van der Waals surface area (Å²) in [5.74, 6) is 0. The van der Waals surface area contributed by atoms with Crippen molar-refractivity contribution in [2.75, 3.05) is 0 Å². The van der Waals surface area contributed by atoms with E-state index < -0.39 is 6.08 Å². The van der Waals surface area contributed by atoms with Gasteiger partial charge in [0.15, 0.2) is 0 Å². The smallest absolute Gasteiger partial charge is 0.173 e. The molecule has 1 aromatic carbocycles. The highest BCUT2D eigenvalue weighted by atomic mass is 19.3. The van der Waals surface area contributed by atoms with Gasteiger partial charge in [-0.15, -0.1) is 0 Å². The molecule has 0 unspecified atom stereocenters. The van der Waals surface area contributed by atoms with Gasteiger partial charge < -0.3 is 0 Å². The van der Waals surface area contributed by atoms with Crippen LogP contribution in [-0.2, 0) is 0 Å². The van der Waals surface area contributed by atoms with Gasteiger partial charge in [-0.3, -0.25) is 0 Å². The second-order valence-electron chi connectivity index (χ2n) is 2.29. The van der Waals surface area contributed by atoms with Crippen LogP contribution in [0.5, 0.6) is 0 Å². The number of hydrogen-bond donors (Lipinski definition) is 0. The zero-order valence-corrected chi connectivity index (χ0v) is 6.14. The number of aryl methyl sites for hydroxylation is 1. The molecule has 0 bridgehead atoms. The molecule has 0 aliphatic rings. The van der Waals surface area contributed by atoms with Crippen molar-refractivity contribution in [3.8, 4) is 0 Å². The van der Waals surface area contributed by atoms with E-state index in [1.54, 1.807) is 25.1 Å². The third-order valence-corrected chi connectivity index (χ3v) is 1.45. The molecular formula is C9H8F2. The van der Waals surface area contributed by atoms with Crippen LogP contribution in [0.3, 0.4) is 0 Å². The van der Waals surface area contributed by atoms with Crippen LogP contribution in [0.4, 0.5) is 8.78 Å². The first-order chi connectivity index (χ1) is 5.20. The Morgan fingerprint density at radius 2 is 1.91 bits per heavy atom. The van der Waals surface area contributed by atoms with E-state index in [0.717, 1.165) is 11.6 Å². The third-order valence-electron chi connectivity index (χ3n) is 1.45. The standard InChI is InChI=1S/C9H8F2/c1-7-4-2-3-5-8(7)6-9(10)11/h2-6H,1H3. The summed E-state index contributed by atoms with van der Waals surface area (Å²) in [7, 11) is 0. The molecule has 0 aliphatic carbocycles. The fourth-order valence-electron chi connectivity index (χ4n) is 0.866. The van der Waals surface area contributed by atoms with Crippen molar-refractivity contribution >= 4 is 6.08 Å². The highest BCUT2D eigenvalue weighted by Gasteiger charge is 1.94. The summed E-state index contributed by atoms with van der Waals surface area (Å²) in [5, 5.41) is 0. The highest BCUT2D eigenvalue weighted by molar-refractivity contribution is 5.53. The molecule has 0 nitrogen and oxygen atoms in total. The molecule has 11 heavy (non-hydrogen) atoms. The zero-order chi connectivity index (χ0) is 8.27. The summed E-state index contributed by atoms with van der Waals surface area (Å²) in [6.45, 7) is 1.80. The average molecular weight is 154 g/mol. The molecule has 58 valence electrons. The van der Waals surface area contributed by atoms with Gasteiger partial charge in [-0.25, -0.2) is 0 Å². The lowest BCUT2D eigenvalue weighted by Gasteiger charge is -1.96. The lowest BCUT2D eigenvalue weighted by atomic mass is 10.1. The summed E-state index contributed by atoms with van der Waals surface area (Å²) < 4.78 is 23.5. The van der Waals surface area contributed by atoms with Crippen LogP contribution < -0.4 is 0 Å². The van der Waals surface area contributed by atoms with Crippen LogP contribution in [0.1, 0.15) is 11.1 Å². The predicted molar refractivity (Wildman–Crippen MR) is 41.4 cm³/mol. The number of hydrogen-bond acceptors (Lipinski definition) is 0. The molecule has 0 amide bonds. The van der Waals surface area contributed by atoms with E-state index >= 15 is 0 Å². The van der Waals surface area contributed by atoms with E-state index in [2.05, 4.69) is 0 Å². The average Bonchev–Trinajstić information content (AvgIpc) is 1.93. The van der Waals surface area contributed by atoms with Crippen LogP contribution in [0, 0.1) is 6.92 Å². The van der Waals surface area contributed by atoms with Crippen molar-refractivity contribution in [3.05, 3.63) is 41.5 Å². The lowest BCUT2D eigenvalue weighted by Crippen LogP contribution is -1.77. The third kappa shape index (κ3) is 2.15. The topological polar surface area (TPSA) is 0 Å². The van der Waals surface area contributed by atoms with Crippen LogP contribution in [-0.4, -0.2) is 0 Å². The van der Waals surface area contributed by atoms with Gasteiger partial charge in [-0.1, -0.05) is 24.3 Å². The molecule has 2 heteroatoms. The quantitative estimate of drug-likeness (QED) is 0.582. The summed E-state index contributed by atoms with van der Waals surface area (Å²) in [6, 6.07) is 7.02. The maximum atomic E-state index is 11.8. The van der Waals surface area contributed by atoms with Gasteiger partial charge in [0.2, 0.25) is 0 Å².